The molecule has 17 heavy (non-hydrogen) atoms. The molecule has 5 nitrogen and oxygen atoms in total. The maximum atomic E-state index is 11.2. The second kappa shape index (κ2) is 5.95. The van der Waals surface area contributed by atoms with Crippen molar-refractivity contribution >= 4 is 16.6 Å². The van der Waals surface area contributed by atoms with Crippen LogP contribution in [0.3, 0.4) is 0 Å². The summed E-state index contributed by atoms with van der Waals surface area (Å²) in [5, 5.41) is 3.33. The van der Waals surface area contributed by atoms with Gasteiger partial charge < -0.3 is 10.1 Å². The molecule has 2 rings (SSSR count). The second-order valence-corrected chi connectivity index (χ2v) is 5.64. The van der Waals surface area contributed by atoms with Crippen LogP contribution in [0.5, 0.6) is 5.88 Å². The summed E-state index contributed by atoms with van der Waals surface area (Å²) < 4.78 is 16.6. The Morgan fingerprint density at radius 2 is 2.24 bits per heavy atom. The lowest BCUT2D eigenvalue weighted by molar-refractivity contribution is 0.326. The minimum atomic E-state index is -0.624. The molecule has 0 saturated carbocycles. The minimum absolute atomic E-state index is 0.358. The van der Waals surface area contributed by atoms with Gasteiger partial charge in [0.25, 0.3) is 0 Å². The molecule has 1 aromatic heterocycles. The van der Waals surface area contributed by atoms with Crippen molar-refractivity contribution in [2.45, 2.75) is 25.8 Å². The Morgan fingerprint density at radius 3 is 2.94 bits per heavy atom. The van der Waals surface area contributed by atoms with Gasteiger partial charge in [0.15, 0.2) is 0 Å². The molecule has 0 unspecified atom stereocenters. The van der Waals surface area contributed by atoms with Crippen molar-refractivity contribution in [3.63, 3.8) is 0 Å². The molecule has 1 aliphatic heterocycles. The summed E-state index contributed by atoms with van der Waals surface area (Å²) in [5.74, 6) is 2.92. The van der Waals surface area contributed by atoms with Crippen molar-refractivity contribution in [1.29, 1.82) is 0 Å². The zero-order valence-corrected chi connectivity index (χ0v) is 10.7. The highest BCUT2D eigenvalue weighted by atomic mass is 32.2. The van der Waals surface area contributed by atoms with Gasteiger partial charge in [0.2, 0.25) is 5.88 Å². The second-order valence-electron chi connectivity index (χ2n) is 3.94. The van der Waals surface area contributed by atoms with E-state index in [-0.39, 0.29) is 0 Å². The first-order chi connectivity index (χ1) is 8.28. The Kier molecular flexibility index (Phi) is 4.30. The fraction of sp³-hybridized carbons (Fsp3) is 0.636. The van der Waals surface area contributed by atoms with Crippen LogP contribution in [0.15, 0.2) is 12.4 Å². The van der Waals surface area contributed by atoms with Crippen LogP contribution in [0.1, 0.15) is 19.8 Å². The zero-order valence-electron chi connectivity index (χ0n) is 9.89. The molecule has 0 bridgehead atoms. The van der Waals surface area contributed by atoms with Crippen LogP contribution < -0.4 is 10.1 Å². The molecule has 0 amide bonds. The van der Waals surface area contributed by atoms with Crippen molar-refractivity contribution in [1.82, 2.24) is 9.97 Å². The zero-order chi connectivity index (χ0) is 12.1. The maximum absolute atomic E-state index is 11.2. The molecule has 0 aromatic carbocycles. The number of aromatic nitrogens is 2. The van der Waals surface area contributed by atoms with E-state index in [0.717, 1.165) is 30.2 Å². The lowest BCUT2D eigenvalue weighted by Gasteiger charge is -2.22. The van der Waals surface area contributed by atoms with Crippen molar-refractivity contribution in [3.05, 3.63) is 12.4 Å². The van der Waals surface area contributed by atoms with Crippen molar-refractivity contribution in [2.24, 2.45) is 0 Å². The van der Waals surface area contributed by atoms with Crippen molar-refractivity contribution in [2.75, 3.05) is 23.4 Å². The largest absolute Gasteiger partial charge is 0.478 e. The smallest absolute Gasteiger partial charge is 0.218 e. The van der Waals surface area contributed by atoms with E-state index in [2.05, 4.69) is 15.3 Å². The number of nitrogens with one attached hydrogen (secondary N) is 1. The molecule has 0 aliphatic carbocycles. The number of ether oxygens (including phenoxy) is 1. The van der Waals surface area contributed by atoms with Gasteiger partial charge in [-0.3, -0.25) is 4.21 Å². The molecule has 1 N–H and O–H groups in total. The summed E-state index contributed by atoms with van der Waals surface area (Å²) in [5.41, 5.74) is 0. The van der Waals surface area contributed by atoms with Gasteiger partial charge in [-0.25, -0.2) is 9.97 Å². The van der Waals surface area contributed by atoms with E-state index in [0.29, 0.717) is 18.5 Å². The number of anilines is 1. The monoisotopic (exact) mass is 255 g/mol. The molecule has 1 saturated heterocycles. The van der Waals surface area contributed by atoms with Gasteiger partial charge in [0, 0.05) is 34.4 Å². The van der Waals surface area contributed by atoms with Crippen LogP contribution in [0.25, 0.3) is 0 Å². The predicted molar refractivity (Wildman–Crippen MR) is 67.7 cm³/mol. The molecule has 0 atom stereocenters. The molecule has 6 heteroatoms. The normalized spacial score (nSPS) is 24.3. The average Bonchev–Trinajstić information content (AvgIpc) is 2.33. The van der Waals surface area contributed by atoms with Crippen molar-refractivity contribution < 1.29 is 8.95 Å². The molecule has 94 valence electrons. The first-order valence-electron chi connectivity index (χ1n) is 5.84. The lowest BCUT2D eigenvalue weighted by Crippen LogP contribution is -2.29. The number of nitrogens with zero attached hydrogens (tertiary/aromatic N) is 2. The standard InChI is InChI=1S/C11H17N3O2S/c1-2-16-11-7-10(12-8-13-11)14-9-3-5-17(15)6-4-9/h7-9H,2-6H2,1H3,(H,12,13,14). The fourth-order valence-corrected chi connectivity index (χ4v) is 3.09. The van der Waals surface area contributed by atoms with Crippen LogP contribution in [0.4, 0.5) is 5.82 Å². The third kappa shape index (κ3) is 3.66. The molecule has 1 fully saturated rings. The Bertz CT molecular complexity index is 390. The summed E-state index contributed by atoms with van der Waals surface area (Å²) in [6, 6.07) is 2.16. The summed E-state index contributed by atoms with van der Waals surface area (Å²) in [6.45, 7) is 2.52. The van der Waals surface area contributed by atoms with Crippen molar-refractivity contribution in [3.8, 4) is 5.88 Å². The van der Waals surface area contributed by atoms with E-state index in [1.165, 1.54) is 6.33 Å². The van der Waals surface area contributed by atoms with Gasteiger partial charge in [-0.1, -0.05) is 0 Å². The third-order valence-electron chi connectivity index (χ3n) is 2.67. The topological polar surface area (TPSA) is 64.1 Å². The molecular weight excluding hydrogens is 238 g/mol. The van der Waals surface area contributed by atoms with Crippen LogP contribution in [0.2, 0.25) is 0 Å². The minimum Gasteiger partial charge on any atom is -0.478 e. The molecule has 1 aromatic rings. The highest BCUT2D eigenvalue weighted by molar-refractivity contribution is 7.85. The molecular formula is C11H17N3O2S. The fourth-order valence-electron chi connectivity index (χ4n) is 1.79. The third-order valence-corrected chi connectivity index (χ3v) is 4.06. The predicted octanol–water partition coefficient (Wildman–Crippen LogP) is 1.20. The lowest BCUT2D eigenvalue weighted by atomic mass is 10.1. The van der Waals surface area contributed by atoms with E-state index in [1.807, 2.05) is 6.92 Å². The first-order valence-corrected chi connectivity index (χ1v) is 7.33. The Morgan fingerprint density at radius 1 is 1.47 bits per heavy atom. The van der Waals surface area contributed by atoms with E-state index in [1.54, 1.807) is 6.07 Å². The van der Waals surface area contributed by atoms with Gasteiger partial charge in [0.05, 0.1) is 6.61 Å². The van der Waals surface area contributed by atoms with Crippen LogP contribution in [-0.4, -0.2) is 38.3 Å². The summed E-state index contributed by atoms with van der Waals surface area (Å²) in [6.07, 6.45) is 3.36. The molecule has 0 spiro atoms. The number of rotatable bonds is 4. The van der Waals surface area contributed by atoms with E-state index in [4.69, 9.17) is 4.74 Å². The van der Waals surface area contributed by atoms with Crippen LogP contribution >= 0.6 is 0 Å². The van der Waals surface area contributed by atoms with Crippen LogP contribution in [-0.2, 0) is 10.8 Å². The van der Waals surface area contributed by atoms with E-state index >= 15 is 0 Å². The molecule has 2 heterocycles. The SMILES string of the molecule is CCOc1cc(NC2CCS(=O)CC2)ncn1. The van der Waals surface area contributed by atoms with Gasteiger partial charge in [-0.15, -0.1) is 0 Å². The van der Waals surface area contributed by atoms with Gasteiger partial charge >= 0.3 is 0 Å². The van der Waals surface area contributed by atoms with Gasteiger partial charge in [-0.2, -0.15) is 0 Å². The summed E-state index contributed by atoms with van der Waals surface area (Å²) in [4.78, 5) is 8.17. The summed E-state index contributed by atoms with van der Waals surface area (Å²) in [7, 11) is -0.624. The quantitative estimate of drug-likeness (QED) is 0.875. The summed E-state index contributed by atoms with van der Waals surface area (Å²) >= 11 is 0. The Balaban J connectivity index is 1.93. The highest BCUT2D eigenvalue weighted by Crippen LogP contribution is 2.17. The maximum Gasteiger partial charge on any atom is 0.218 e. The number of hydrogen-bond donors (Lipinski definition) is 1. The van der Waals surface area contributed by atoms with Gasteiger partial charge in [-0.05, 0) is 19.8 Å². The first kappa shape index (κ1) is 12.3. The molecule has 1 aliphatic rings. The van der Waals surface area contributed by atoms with Gasteiger partial charge in [0.1, 0.15) is 12.1 Å². The van der Waals surface area contributed by atoms with Crippen LogP contribution in [0, 0.1) is 0 Å². The highest BCUT2D eigenvalue weighted by Gasteiger charge is 2.17. The number of hydrogen-bond acceptors (Lipinski definition) is 5. The average molecular weight is 255 g/mol. The Hall–Kier alpha value is -1.17. The Labute approximate surface area is 103 Å². The van der Waals surface area contributed by atoms with E-state index < -0.39 is 10.8 Å². The van der Waals surface area contributed by atoms with E-state index in [9.17, 15) is 4.21 Å². The molecule has 0 radical (unpaired) electrons.